The molecule has 6 nitrogen and oxygen atoms in total. The molecule has 0 saturated heterocycles. The number of amides is 1. The van der Waals surface area contributed by atoms with Crippen molar-refractivity contribution in [1.29, 1.82) is 0 Å². The Morgan fingerprint density at radius 3 is 1.90 bits per heavy atom. The highest BCUT2D eigenvalue weighted by Gasteiger charge is 2.29. The molecule has 1 atom stereocenters. The van der Waals surface area contributed by atoms with Crippen molar-refractivity contribution in [3.8, 4) is 11.1 Å². The Bertz CT molecular complexity index is 848. The number of rotatable bonds is 7. The maximum Gasteiger partial charge on any atom is 0.408 e. The van der Waals surface area contributed by atoms with Crippen LogP contribution in [0.3, 0.4) is 0 Å². The predicted octanol–water partition coefficient (Wildman–Crippen LogP) is 5.11. The second-order valence-corrected chi connectivity index (χ2v) is 9.31. The van der Waals surface area contributed by atoms with E-state index in [9.17, 15) is 9.59 Å². The molecule has 0 radical (unpaired) electrons. The molecule has 1 amide bonds. The number of esters is 1. The first-order valence-corrected chi connectivity index (χ1v) is 10.4. The Morgan fingerprint density at radius 1 is 0.806 bits per heavy atom. The SMILES string of the molecule is CC(C)(C)OC(=O)N[C@@H](COCc1ccc(-c2ccccc2)cc1)C(=O)OC(C)(C)C. The third-order valence-corrected chi connectivity index (χ3v) is 4.00. The van der Waals surface area contributed by atoms with E-state index in [4.69, 9.17) is 14.2 Å². The van der Waals surface area contributed by atoms with Crippen LogP contribution in [0, 0.1) is 0 Å². The summed E-state index contributed by atoms with van der Waals surface area (Å²) in [6.07, 6.45) is -0.695. The average Bonchev–Trinajstić information content (AvgIpc) is 2.65. The fourth-order valence-corrected chi connectivity index (χ4v) is 2.71. The first-order chi connectivity index (χ1) is 14.4. The minimum Gasteiger partial charge on any atom is -0.458 e. The van der Waals surface area contributed by atoms with Gasteiger partial charge in [0.15, 0.2) is 6.04 Å². The van der Waals surface area contributed by atoms with E-state index in [0.29, 0.717) is 6.61 Å². The molecule has 2 aromatic carbocycles. The third-order valence-electron chi connectivity index (χ3n) is 4.00. The molecule has 2 rings (SSSR count). The van der Waals surface area contributed by atoms with E-state index in [1.807, 2.05) is 42.5 Å². The monoisotopic (exact) mass is 427 g/mol. The smallest absolute Gasteiger partial charge is 0.408 e. The maximum absolute atomic E-state index is 12.5. The van der Waals surface area contributed by atoms with Crippen molar-refractivity contribution in [1.82, 2.24) is 5.32 Å². The Labute approximate surface area is 184 Å². The van der Waals surface area contributed by atoms with Gasteiger partial charge >= 0.3 is 12.1 Å². The van der Waals surface area contributed by atoms with E-state index in [1.54, 1.807) is 41.5 Å². The van der Waals surface area contributed by atoms with Crippen molar-refractivity contribution < 1.29 is 23.8 Å². The highest BCUT2D eigenvalue weighted by Crippen LogP contribution is 2.19. The molecule has 0 aliphatic rings. The molecular weight excluding hydrogens is 394 g/mol. The summed E-state index contributed by atoms with van der Waals surface area (Å²) in [7, 11) is 0. The first kappa shape index (κ1) is 24.4. The Hall–Kier alpha value is -2.86. The zero-order valence-electron chi connectivity index (χ0n) is 19.2. The lowest BCUT2D eigenvalue weighted by molar-refractivity contribution is -0.159. The van der Waals surface area contributed by atoms with E-state index in [0.717, 1.165) is 16.7 Å². The van der Waals surface area contributed by atoms with Crippen LogP contribution >= 0.6 is 0 Å². The molecule has 0 heterocycles. The normalized spacial score (nSPS) is 12.7. The lowest BCUT2D eigenvalue weighted by Crippen LogP contribution is -2.48. The molecule has 6 heteroatoms. The van der Waals surface area contributed by atoms with Crippen molar-refractivity contribution in [2.24, 2.45) is 0 Å². The molecule has 31 heavy (non-hydrogen) atoms. The van der Waals surface area contributed by atoms with E-state index in [1.165, 1.54) is 0 Å². The summed E-state index contributed by atoms with van der Waals surface area (Å²) in [6.45, 7) is 10.8. The first-order valence-electron chi connectivity index (χ1n) is 10.4. The van der Waals surface area contributed by atoms with Gasteiger partial charge in [-0.3, -0.25) is 0 Å². The van der Waals surface area contributed by atoms with E-state index in [-0.39, 0.29) is 6.61 Å². The molecule has 0 aromatic heterocycles. The van der Waals surface area contributed by atoms with Crippen LogP contribution in [0.2, 0.25) is 0 Å². The molecule has 0 saturated carbocycles. The van der Waals surface area contributed by atoms with Gasteiger partial charge < -0.3 is 19.5 Å². The van der Waals surface area contributed by atoms with Gasteiger partial charge in [0.1, 0.15) is 11.2 Å². The van der Waals surface area contributed by atoms with Crippen LogP contribution in [-0.4, -0.2) is 35.9 Å². The van der Waals surface area contributed by atoms with Crippen LogP contribution in [0.1, 0.15) is 47.1 Å². The van der Waals surface area contributed by atoms with E-state index >= 15 is 0 Å². The van der Waals surface area contributed by atoms with Crippen LogP contribution < -0.4 is 5.32 Å². The standard InChI is InChI=1S/C25H33NO5/c1-24(2,3)30-22(27)21(26-23(28)31-25(4,5)6)17-29-16-18-12-14-20(15-13-18)19-10-8-7-9-11-19/h7-15,21H,16-17H2,1-6H3,(H,26,28)/t21-/m0/s1. The van der Waals surface area contributed by atoms with Crippen LogP contribution in [0.5, 0.6) is 0 Å². The second kappa shape index (κ2) is 10.4. The number of ether oxygens (including phenoxy) is 3. The third kappa shape index (κ3) is 9.22. The molecule has 0 spiro atoms. The topological polar surface area (TPSA) is 73.9 Å². The molecule has 168 valence electrons. The number of benzene rings is 2. The van der Waals surface area contributed by atoms with Crippen LogP contribution in [0.15, 0.2) is 54.6 Å². The largest absolute Gasteiger partial charge is 0.458 e. The number of hydrogen-bond donors (Lipinski definition) is 1. The van der Waals surface area contributed by atoms with Crippen molar-refractivity contribution in [2.75, 3.05) is 6.61 Å². The minimum absolute atomic E-state index is 0.0331. The lowest BCUT2D eigenvalue weighted by atomic mass is 10.0. The van der Waals surface area contributed by atoms with Crippen molar-refractivity contribution in [2.45, 2.75) is 65.4 Å². The summed E-state index contributed by atoms with van der Waals surface area (Å²) < 4.78 is 16.4. The zero-order chi connectivity index (χ0) is 23.1. The maximum atomic E-state index is 12.5. The minimum atomic E-state index is -0.974. The molecule has 2 aromatic rings. The Kier molecular flexibility index (Phi) is 8.22. The van der Waals surface area contributed by atoms with Gasteiger partial charge in [-0.25, -0.2) is 9.59 Å². The predicted molar refractivity (Wildman–Crippen MR) is 121 cm³/mol. The summed E-state index contributed by atoms with van der Waals surface area (Å²) >= 11 is 0. The van der Waals surface area contributed by atoms with Gasteiger partial charge in [0.25, 0.3) is 0 Å². The summed E-state index contributed by atoms with van der Waals surface area (Å²) in [6, 6.07) is 17.1. The van der Waals surface area contributed by atoms with Crippen molar-refractivity contribution in [3.05, 3.63) is 60.2 Å². The van der Waals surface area contributed by atoms with Gasteiger partial charge in [-0.2, -0.15) is 0 Å². The summed E-state index contributed by atoms with van der Waals surface area (Å²) in [5.74, 6) is -0.571. The van der Waals surface area contributed by atoms with Crippen LogP contribution in [-0.2, 0) is 25.6 Å². The van der Waals surface area contributed by atoms with Crippen molar-refractivity contribution in [3.63, 3.8) is 0 Å². The quantitative estimate of drug-likeness (QED) is 0.622. The highest BCUT2D eigenvalue weighted by atomic mass is 16.6. The molecule has 0 aliphatic carbocycles. The number of alkyl carbamates (subject to hydrolysis) is 1. The highest BCUT2D eigenvalue weighted by molar-refractivity contribution is 5.81. The number of carbonyl (C=O) groups excluding carboxylic acids is 2. The fraction of sp³-hybridized carbons (Fsp3) is 0.440. The van der Waals surface area contributed by atoms with Gasteiger partial charge in [-0.05, 0) is 58.2 Å². The van der Waals surface area contributed by atoms with E-state index in [2.05, 4.69) is 17.4 Å². The zero-order valence-corrected chi connectivity index (χ0v) is 19.2. The van der Waals surface area contributed by atoms with Crippen LogP contribution in [0.25, 0.3) is 11.1 Å². The van der Waals surface area contributed by atoms with E-state index < -0.39 is 29.3 Å². The Balaban J connectivity index is 1.97. The molecule has 0 fully saturated rings. The fourth-order valence-electron chi connectivity index (χ4n) is 2.71. The summed E-state index contributed by atoms with van der Waals surface area (Å²) in [5, 5.41) is 2.55. The molecule has 0 aliphatic heterocycles. The molecular formula is C25H33NO5. The molecule has 0 bridgehead atoms. The molecule has 1 N–H and O–H groups in total. The van der Waals surface area contributed by atoms with Gasteiger partial charge in [0.05, 0.1) is 13.2 Å². The van der Waals surface area contributed by atoms with Crippen LogP contribution in [0.4, 0.5) is 4.79 Å². The summed E-state index contributed by atoms with van der Waals surface area (Å²) in [4.78, 5) is 24.7. The van der Waals surface area contributed by atoms with Gasteiger partial charge in [0.2, 0.25) is 0 Å². The lowest BCUT2D eigenvalue weighted by Gasteiger charge is -2.26. The van der Waals surface area contributed by atoms with Crippen molar-refractivity contribution >= 4 is 12.1 Å². The number of nitrogens with one attached hydrogen (secondary N) is 1. The van der Waals surface area contributed by atoms with Gasteiger partial charge in [-0.15, -0.1) is 0 Å². The Morgan fingerprint density at radius 2 is 1.35 bits per heavy atom. The second-order valence-electron chi connectivity index (χ2n) is 9.31. The average molecular weight is 428 g/mol. The summed E-state index contributed by atoms with van der Waals surface area (Å²) in [5.41, 5.74) is 1.85. The number of hydrogen-bond acceptors (Lipinski definition) is 5. The van der Waals surface area contributed by atoms with Gasteiger partial charge in [0, 0.05) is 0 Å². The molecule has 0 unspecified atom stereocenters. The number of carbonyl (C=O) groups is 2. The van der Waals surface area contributed by atoms with Gasteiger partial charge in [-0.1, -0.05) is 54.6 Å².